The molecule has 0 bridgehead atoms. The Balaban J connectivity index is 2.02. The molecule has 18 heavy (non-hydrogen) atoms. The maximum absolute atomic E-state index is 9.97. The van der Waals surface area contributed by atoms with Crippen LogP contribution in [0.15, 0.2) is 0 Å². The minimum Gasteiger partial charge on any atom is -0.390 e. The van der Waals surface area contributed by atoms with Crippen molar-refractivity contribution < 1.29 is 9.84 Å². The Morgan fingerprint density at radius 1 is 1.39 bits per heavy atom. The topological polar surface area (TPSA) is 44.7 Å². The molecule has 1 aliphatic rings. The smallest absolute Gasteiger partial charge is 0.0791 e. The van der Waals surface area contributed by atoms with Gasteiger partial charge in [-0.25, -0.2) is 0 Å². The summed E-state index contributed by atoms with van der Waals surface area (Å²) in [5.74, 6) is 2.39. The van der Waals surface area contributed by atoms with Crippen molar-refractivity contribution in [3.05, 3.63) is 0 Å². The number of thioether (sulfide) groups is 1. The zero-order valence-electron chi connectivity index (χ0n) is 11.7. The molecule has 0 amide bonds. The third kappa shape index (κ3) is 7.59. The Bertz CT molecular complexity index is 201. The summed E-state index contributed by atoms with van der Waals surface area (Å²) in [6.45, 7) is 9.31. The molecule has 0 saturated carbocycles. The summed E-state index contributed by atoms with van der Waals surface area (Å²) in [5, 5.41) is 13.4. The molecule has 2 unspecified atom stereocenters. The van der Waals surface area contributed by atoms with Crippen LogP contribution < -0.4 is 5.32 Å². The molecule has 1 heterocycles. The number of β-amino-alcohol motifs (C(OH)–C–C–N with tert-alkyl or cyclic N) is 1. The number of hydrogen-bond donors (Lipinski definition) is 2. The summed E-state index contributed by atoms with van der Waals surface area (Å²) in [6, 6.07) is 0.489. The Labute approximate surface area is 115 Å². The van der Waals surface area contributed by atoms with Crippen molar-refractivity contribution in [2.24, 2.45) is 0 Å². The Morgan fingerprint density at radius 3 is 2.78 bits per heavy atom. The van der Waals surface area contributed by atoms with E-state index in [9.17, 15) is 5.11 Å². The standard InChI is InChI=1S/C13H28N2O2S/c1-3-18-9-4-12(2)14-10-13(16)11-15-5-7-17-8-6-15/h12-14,16H,3-11H2,1-2H3. The molecule has 1 saturated heterocycles. The highest BCUT2D eigenvalue weighted by Gasteiger charge is 2.15. The van der Waals surface area contributed by atoms with E-state index in [1.165, 1.54) is 17.9 Å². The van der Waals surface area contributed by atoms with Crippen LogP contribution in [0.5, 0.6) is 0 Å². The predicted octanol–water partition coefficient (Wildman–Crippen LogP) is 0.801. The first-order chi connectivity index (χ1) is 8.72. The number of nitrogens with one attached hydrogen (secondary N) is 1. The maximum atomic E-state index is 9.97. The van der Waals surface area contributed by atoms with E-state index in [4.69, 9.17) is 4.74 Å². The largest absolute Gasteiger partial charge is 0.390 e. The minimum atomic E-state index is -0.274. The normalized spacial score (nSPS) is 20.8. The molecule has 1 rings (SSSR count). The van der Waals surface area contributed by atoms with E-state index in [0.717, 1.165) is 32.8 Å². The summed E-state index contributed by atoms with van der Waals surface area (Å²) in [6.07, 6.45) is 0.896. The highest BCUT2D eigenvalue weighted by molar-refractivity contribution is 7.99. The molecule has 108 valence electrons. The van der Waals surface area contributed by atoms with E-state index in [1.54, 1.807) is 0 Å². The van der Waals surface area contributed by atoms with Gasteiger partial charge >= 0.3 is 0 Å². The zero-order valence-corrected chi connectivity index (χ0v) is 12.5. The van der Waals surface area contributed by atoms with Gasteiger partial charge in [-0.3, -0.25) is 4.90 Å². The minimum absolute atomic E-state index is 0.274. The number of ether oxygens (including phenoxy) is 1. The molecule has 1 aliphatic heterocycles. The molecular formula is C13H28N2O2S. The van der Waals surface area contributed by atoms with E-state index in [1.807, 2.05) is 11.8 Å². The quantitative estimate of drug-likeness (QED) is 0.610. The van der Waals surface area contributed by atoms with Gasteiger partial charge in [0.25, 0.3) is 0 Å². The van der Waals surface area contributed by atoms with Crippen molar-refractivity contribution in [3.8, 4) is 0 Å². The van der Waals surface area contributed by atoms with Gasteiger partial charge in [-0.15, -0.1) is 0 Å². The first-order valence-corrected chi connectivity index (χ1v) is 8.17. The lowest BCUT2D eigenvalue weighted by Crippen LogP contribution is -2.45. The third-order valence-corrected chi connectivity index (χ3v) is 4.11. The van der Waals surface area contributed by atoms with E-state index in [-0.39, 0.29) is 6.10 Å². The number of aliphatic hydroxyl groups excluding tert-OH is 1. The van der Waals surface area contributed by atoms with Crippen molar-refractivity contribution in [2.45, 2.75) is 32.4 Å². The average Bonchev–Trinajstić information content (AvgIpc) is 2.38. The van der Waals surface area contributed by atoms with Crippen molar-refractivity contribution in [1.29, 1.82) is 0 Å². The molecule has 0 aromatic heterocycles. The van der Waals surface area contributed by atoms with Gasteiger partial charge in [-0.05, 0) is 24.9 Å². The summed E-state index contributed by atoms with van der Waals surface area (Å²) in [7, 11) is 0. The van der Waals surface area contributed by atoms with Crippen LogP contribution in [0.1, 0.15) is 20.3 Å². The molecule has 0 radical (unpaired) electrons. The van der Waals surface area contributed by atoms with Crippen LogP contribution in [0.25, 0.3) is 0 Å². The SMILES string of the molecule is CCSCCC(C)NCC(O)CN1CCOCC1. The number of nitrogens with zero attached hydrogens (tertiary/aromatic N) is 1. The second-order valence-electron chi connectivity index (χ2n) is 4.86. The second kappa shape index (κ2) is 10.0. The molecule has 1 fully saturated rings. The van der Waals surface area contributed by atoms with Crippen molar-refractivity contribution in [2.75, 3.05) is 50.9 Å². The molecule has 0 aromatic carbocycles. The van der Waals surface area contributed by atoms with Gasteiger partial charge in [0.1, 0.15) is 0 Å². The monoisotopic (exact) mass is 276 g/mol. The molecular weight excluding hydrogens is 248 g/mol. The maximum Gasteiger partial charge on any atom is 0.0791 e. The summed E-state index contributed by atoms with van der Waals surface area (Å²) < 4.78 is 5.29. The second-order valence-corrected chi connectivity index (χ2v) is 6.26. The first-order valence-electron chi connectivity index (χ1n) is 7.01. The average molecular weight is 276 g/mol. The number of aliphatic hydroxyl groups is 1. The molecule has 0 spiro atoms. The molecule has 5 heteroatoms. The Kier molecular flexibility index (Phi) is 9.06. The van der Waals surface area contributed by atoms with E-state index >= 15 is 0 Å². The molecule has 4 nitrogen and oxygen atoms in total. The Hall–Kier alpha value is 0.190. The first kappa shape index (κ1) is 16.2. The van der Waals surface area contributed by atoms with E-state index < -0.39 is 0 Å². The van der Waals surface area contributed by atoms with Gasteiger partial charge in [-0.2, -0.15) is 11.8 Å². The summed E-state index contributed by atoms with van der Waals surface area (Å²) in [4.78, 5) is 2.27. The lowest BCUT2D eigenvalue weighted by Gasteiger charge is -2.29. The van der Waals surface area contributed by atoms with Gasteiger partial charge in [0.15, 0.2) is 0 Å². The lowest BCUT2D eigenvalue weighted by atomic mass is 10.2. The van der Waals surface area contributed by atoms with Gasteiger partial charge in [0.2, 0.25) is 0 Å². The van der Waals surface area contributed by atoms with Crippen molar-refractivity contribution >= 4 is 11.8 Å². The highest BCUT2D eigenvalue weighted by Crippen LogP contribution is 2.04. The number of morpholine rings is 1. The van der Waals surface area contributed by atoms with Gasteiger partial charge in [0, 0.05) is 32.2 Å². The van der Waals surface area contributed by atoms with Crippen LogP contribution >= 0.6 is 11.8 Å². The molecule has 0 aromatic rings. The lowest BCUT2D eigenvalue weighted by molar-refractivity contribution is 0.0145. The number of hydrogen-bond acceptors (Lipinski definition) is 5. The fourth-order valence-electron chi connectivity index (χ4n) is 1.99. The third-order valence-electron chi connectivity index (χ3n) is 3.17. The highest BCUT2D eigenvalue weighted by atomic mass is 32.2. The van der Waals surface area contributed by atoms with Crippen LogP contribution in [0.4, 0.5) is 0 Å². The van der Waals surface area contributed by atoms with Gasteiger partial charge in [-0.1, -0.05) is 6.92 Å². The summed E-state index contributed by atoms with van der Waals surface area (Å²) >= 11 is 1.97. The van der Waals surface area contributed by atoms with Gasteiger partial charge in [0.05, 0.1) is 19.3 Å². The van der Waals surface area contributed by atoms with E-state index in [0.29, 0.717) is 12.6 Å². The Morgan fingerprint density at radius 2 is 2.11 bits per heavy atom. The number of rotatable bonds is 9. The predicted molar refractivity (Wildman–Crippen MR) is 78.3 cm³/mol. The van der Waals surface area contributed by atoms with Crippen LogP contribution in [0.3, 0.4) is 0 Å². The fraction of sp³-hybridized carbons (Fsp3) is 1.00. The molecule has 2 atom stereocenters. The zero-order chi connectivity index (χ0) is 13.2. The molecule has 2 N–H and O–H groups in total. The van der Waals surface area contributed by atoms with Crippen molar-refractivity contribution in [1.82, 2.24) is 10.2 Å². The summed E-state index contributed by atoms with van der Waals surface area (Å²) in [5.41, 5.74) is 0. The van der Waals surface area contributed by atoms with Crippen LogP contribution in [0.2, 0.25) is 0 Å². The van der Waals surface area contributed by atoms with Gasteiger partial charge < -0.3 is 15.2 Å². The molecule has 0 aliphatic carbocycles. The van der Waals surface area contributed by atoms with Crippen LogP contribution in [-0.4, -0.2) is 73.1 Å². The van der Waals surface area contributed by atoms with E-state index in [2.05, 4.69) is 24.1 Å². The van der Waals surface area contributed by atoms with Crippen molar-refractivity contribution in [3.63, 3.8) is 0 Å². The van der Waals surface area contributed by atoms with Crippen LogP contribution in [-0.2, 0) is 4.74 Å². The fourth-order valence-corrected chi connectivity index (χ4v) is 2.80. The van der Waals surface area contributed by atoms with Crippen LogP contribution in [0, 0.1) is 0 Å².